The first-order chi connectivity index (χ1) is 6.29. The van der Waals surface area contributed by atoms with Crippen molar-refractivity contribution in [3.05, 3.63) is 0 Å². The van der Waals surface area contributed by atoms with Crippen LogP contribution < -0.4 is 10.6 Å². The van der Waals surface area contributed by atoms with Crippen LogP contribution >= 0.6 is 0 Å². The van der Waals surface area contributed by atoms with Gasteiger partial charge in [0, 0.05) is 26.7 Å². The summed E-state index contributed by atoms with van der Waals surface area (Å²) in [6.45, 7) is 2.96. The van der Waals surface area contributed by atoms with Gasteiger partial charge in [0.25, 0.3) is 0 Å². The van der Waals surface area contributed by atoms with Crippen molar-refractivity contribution in [3.63, 3.8) is 0 Å². The van der Waals surface area contributed by atoms with Crippen LogP contribution in [0.25, 0.3) is 0 Å². The molecular formula is C9H15N3O. The van der Waals surface area contributed by atoms with Gasteiger partial charge in [-0.2, -0.15) is 0 Å². The standard InChI is InChI=1S/C9H15N3O/c1-3-5-12-6-4-11-7-8(12)9(13)10-2/h1,8,11H,4-7H2,2H3,(H,10,13). The molecule has 0 aromatic heterocycles. The lowest BCUT2D eigenvalue weighted by molar-refractivity contribution is -0.126. The highest BCUT2D eigenvalue weighted by atomic mass is 16.2. The summed E-state index contributed by atoms with van der Waals surface area (Å²) in [6, 6.07) is -0.116. The lowest BCUT2D eigenvalue weighted by Gasteiger charge is -2.33. The molecule has 0 spiro atoms. The molecule has 0 bridgehead atoms. The Hall–Kier alpha value is -1.05. The summed E-state index contributed by atoms with van der Waals surface area (Å²) in [6.07, 6.45) is 5.22. The fourth-order valence-electron chi connectivity index (χ4n) is 1.48. The van der Waals surface area contributed by atoms with Gasteiger partial charge >= 0.3 is 0 Å². The van der Waals surface area contributed by atoms with Gasteiger partial charge in [-0.3, -0.25) is 9.69 Å². The van der Waals surface area contributed by atoms with Crippen molar-refractivity contribution in [2.24, 2.45) is 0 Å². The Morgan fingerprint density at radius 3 is 3.23 bits per heavy atom. The van der Waals surface area contributed by atoms with E-state index >= 15 is 0 Å². The van der Waals surface area contributed by atoms with Gasteiger partial charge in [0.15, 0.2) is 0 Å². The fraction of sp³-hybridized carbons (Fsp3) is 0.667. The van der Waals surface area contributed by atoms with Gasteiger partial charge in [0.1, 0.15) is 6.04 Å². The van der Waals surface area contributed by atoms with E-state index in [4.69, 9.17) is 6.42 Å². The molecule has 0 radical (unpaired) electrons. The van der Waals surface area contributed by atoms with Crippen molar-refractivity contribution in [2.75, 3.05) is 33.2 Å². The average Bonchev–Trinajstić information content (AvgIpc) is 2.18. The Labute approximate surface area is 78.7 Å². The topological polar surface area (TPSA) is 44.4 Å². The zero-order valence-electron chi connectivity index (χ0n) is 7.84. The predicted molar refractivity (Wildman–Crippen MR) is 51.1 cm³/mol. The first-order valence-electron chi connectivity index (χ1n) is 4.39. The number of hydrogen-bond acceptors (Lipinski definition) is 3. The van der Waals surface area contributed by atoms with Crippen molar-refractivity contribution in [3.8, 4) is 12.3 Å². The molecule has 13 heavy (non-hydrogen) atoms. The zero-order chi connectivity index (χ0) is 9.68. The second-order valence-electron chi connectivity index (χ2n) is 3.01. The Morgan fingerprint density at radius 2 is 2.62 bits per heavy atom. The monoisotopic (exact) mass is 181 g/mol. The molecule has 1 saturated heterocycles. The SMILES string of the molecule is C#CCN1CCNCC1C(=O)NC. The quantitative estimate of drug-likeness (QED) is 0.517. The van der Waals surface area contributed by atoms with Crippen molar-refractivity contribution in [1.29, 1.82) is 0 Å². The van der Waals surface area contributed by atoms with Crippen LogP contribution in [0.3, 0.4) is 0 Å². The summed E-state index contributed by atoms with van der Waals surface area (Å²) in [7, 11) is 1.64. The van der Waals surface area contributed by atoms with Crippen LogP contribution in [-0.4, -0.2) is 50.1 Å². The van der Waals surface area contributed by atoms with Gasteiger partial charge in [0.05, 0.1) is 6.54 Å². The first kappa shape index (κ1) is 10.0. The molecule has 1 heterocycles. The normalized spacial score (nSPS) is 23.5. The molecule has 1 aliphatic heterocycles. The zero-order valence-corrected chi connectivity index (χ0v) is 7.84. The molecule has 1 rings (SSSR count). The van der Waals surface area contributed by atoms with E-state index in [1.54, 1.807) is 7.05 Å². The van der Waals surface area contributed by atoms with Gasteiger partial charge in [-0.1, -0.05) is 5.92 Å². The number of piperazine rings is 1. The van der Waals surface area contributed by atoms with Crippen LogP contribution in [0.15, 0.2) is 0 Å². The molecule has 0 aromatic carbocycles. The van der Waals surface area contributed by atoms with E-state index in [2.05, 4.69) is 16.6 Å². The Morgan fingerprint density at radius 1 is 1.85 bits per heavy atom. The molecule has 0 aromatic rings. The Bertz CT molecular complexity index is 221. The van der Waals surface area contributed by atoms with E-state index in [1.165, 1.54) is 0 Å². The van der Waals surface area contributed by atoms with Crippen LogP contribution in [0, 0.1) is 12.3 Å². The molecule has 0 saturated carbocycles. The molecule has 4 nitrogen and oxygen atoms in total. The maximum atomic E-state index is 11.4. The Kier molecular flexibility index (Phi) is 3.74. The number of carbonyl (C=O) groups excluding carboxylic acids is 1. The minimum Gasteiger partial charge on any atom is -0.358 e. The van der Waals surface area contributed by atoms with Crippen LogP contribution in [0.5, 0.6) is 0 Å². The molecule has 1 amide bonds. The number of amides is 1. The van der Waals surface area contributed by atoms with E-state index in [0.29, 0.717) is 13.1 Å². The third-order valence-corrected chi connectivity index (χ3v) is 2.20. The Balaban J connectivity index is 2.57. The van der Waals surface area contributed by atoms with Gasteiger partial charge in [-0.25, -0.2) is 0 Å². The molecule has 1 aliphatic rings. The van der Waals surface area contributed by atoms with Gasteiger partial charge in [-0.15, -0.1) is 6.42 Å². The van der Waals surface area contributed by atoms with Crippen LogP contribution in [0.2, 0.25) is 0 Å². The highest BCUT2D eigenvalue weighted by molar-refractivity contribution is 5.81. The number of hydrogen-bond donors (Lipinski definition) is 2. The molecule has 0 aliphatic carbocycles. The third-order valence-electron chi connectivity index (χ3n) is 2.20. The lowest BCUT2D eigenvalue weighted by Crippen LogP contribution is -2.57. The molecule has 1 atom stereocenters. The summed E-state index contributed by atoms with van der Waals surface area (Å²) in [5.74, 6) is 2.59. The maximum Gasteiger partial charge on any atom is 0.238 e. The number of rotatable bonds is 2. The average molecular weight is 181 g/mol. The van der Waals surface area contributed by atoms with Crippen LogP contribution in [0.4, 0.5) is 0 Å². The largest absolute Gasteiger partial charge is 0.358 e. The van der Waals surface area contributed by atoms with E-state index in [0.717, 1.165) is 13.1 Å². The number of terminal acetylenes is 1. The van der Waals surface area contributed by atoms with Crippen LogP contribution in [0.1, 0.15) is 0 Å². The van der Waals surface area contributed by atoms with Gasteiger partial charge < -0.3 is 10.6 Å². The smallest absolute Gasteiger partial charge is 0.238 e. The van der Waals surface area contributed by atoms with Crippen molar-refractivity contribution in [1.82, 2.24) is 15.5 Å². The van der Waals surface area contributed by atoms with Gasteiger partial charge in [-0.05, 0) is 0 Å². The third kappa shape index (κ3) is 2.44. The summed E-state index contributed by atoms with van der Waals surface area (Å²) in [5.41, 5.74) is 0. The fourth-order valence-corrected chi connectivity index (χ4v) is 1.48. The van der Waals surface area contributed by atoms with Gasteiger partial charge in [0.2, 0.25) is 5.91 Å². The molecule has 1 fully saturated rings. The summed E-state index contributed by atoms with van der Waals surface area (Å²) in [4.78, 5) is 13.4. The van der Waals surface area contributed by atoms with E-state index in [-0.39, 0.29) is 11.9 Å². The minimum absolute atomic E-state index is 0.0300. The van der Waals surface area contributed by atoms with Crippen LogP contribution in [-0.2, 0) is 4.79 Å². The molecule has 1 unspecified atom stereocenters. The molecule has 72 valence electrons. The lowest BCUT2D eigenvalue weighted by atomic mass is 10.2. The summed E-state index contributed by atoms with van der Waals surface area (Å²) >= 11 is 0. The van der Waals surface area contributed by atoms with E-state index < -0.39 is 0 Å². The summed E-state index contributed by atoms with van der Waals surface area (Å²) in [5, 5.41) is 5.80. The number of nitrogens with one attached hydrogen (secondary N) is 2. The highest BCUT2D eigenvalue weighted by Crippen LogP contribution is 2.01. The molecular weight excluding hydrogens is 166 g/mol. The van der Waals surface area contributed by atoms with E-state index in [9.17, 15) is 4.79 Å². The maximum absolute atomic E-state index is 11.4. The molecule has 4 heteroatoms. The molecule has 2 N–H and O–H groups in total. The second-order valence-corrected chi connectivity index (χ2v) is 3.01. The number of nitrogens with zero attached hydrogens (tertiary/aromatic N) is 1. The van der Waals surface area contributed by atoms with Crippen molar-refractivity contribution < 1.29 is 4.79 Å². The van der Waals surface area contributed by atoms with E-state index in [1.807, 2.05) is 4.90 Å². The highest BCUT2D eigenvalue weighted by Gasteiger charge is 2.26. The van der Waals surface area contributed by atoms with Crippen molar-refractivity contribution in [2.45, 2.75) is 6.04 Å². The minimum atomic E-state index is -0.116. The number of carbonyl (C=O) groups is 1. The number of likely N-dealkylation sites (N-methyl/N-ethyl adjacent to an activating group) is 1. The first-order valence-corrected chi connectivity index (χ1v) is 4.39. The predicted octanol–water partition coefficient (Wildman–Crippen LogP) is -1.36. The van der Waals surface area contributed by atoms with Crippen molar-refractivity contribution >= 4 is 5.91 Å². The summed E-state index contributed by atoms with van der Waals surface area (Å²) < 4.78 is 0. The second kappa shape index (κ2) is 4.85.